The van der Waals surface area contributed by atoms with Crippen molar-refractivity contribution in [2.75, 3.05) is 26.0 Å². The topological polar surface area (TPSA) is 52.7 Å². The van der Waals surface area contributed by atoms with E-state index in [9.17, 15) is 9.59 Å². The summed E-state index contributed by atoms with van der Waals surface area (Å²) in [5.74, 6) is -0.142. The summed E-state index contributed by atoms with van der Waals surface area (Å²) in [6.45, 7) is -0.00958. The third-order valence-corrected chi connectivity index (χ3v) is 4.28. The quantitative estimate of drug-likeness (QED) is 0.929. The Balaban J connectivity index is 2.10. The molecule has 5 nitrogen and oxygen atoms in total. The van der Waals surface area contributed by atoms with Crippen molar-refractivity contribution in [2.24, 2.45) is 0 Å². The van der Waals surface area contributed by atoms with Crippen molar-refractivity contribution in [1.82, 2.24) is 9.80 Å². The molecule has 0 saturated carbocycles. The number of hydrogen-bond donors (Lipinski definition) is 1. The smallest absolute Gasteiger partial charge is 0.323 e. The van der Waals surface area contributed by atoms with Gasteiger partial charge in [-0.05, 0) is 23.8 Å². The fourth-order valence-corrected chi connectivity index (χ4v) is 2.97. The maximum atomic E-state index is 12.6. The Hall–Kier alpha value is -2.53. The summed E-state index contributed by atoms with van der Waals surface area (Å²) in [4.78, 5) is 27.8. The van der Waals surface area contributed by atoms with Crippen LogP contribution in [0, 0.1) is 0 Å². The number of carbonyl (C=O) groups is 2. The van der Waals surface area contributed by atoms with Crippen LogP contribution in [0.15, 0.2) is 48.5 Å². The minimum atomic E-state index is -0.363. The van der Waals surface area contributed by atoms with Crippen LogP contribution in [0.5, 0.6) is 0 Å². The van der Waals surface area contributed by atoms with Crippen molar-refractivity contribution < 1.29 is 9.59 Å². The zero-order valence-electron chi connectivity index (χ0n) is 13.5. The van der Waals surface area contributed by atoms with Gasteiger partial charge < -0.3 is 15.1 Å². The Morgan fingerprint density at radius 3 is 2.58 bits per heavy atom. The van der Waals surface area contributed by atoms with Gasteiger partial charge >= 0.3 is 6.03 Å². The molecule has 0 aliphatic carbocycles. The molecular formula is C18H18ClN3O2. The molecule has 2 aromatic carbocycles. The molecular weight excluding hydrogens is 326 g/mol. The number of amides is 3. The van der Waals surface area contributed by atoms with Crippen molar-refractivity contribution in [3.05, 3.63) is 64.7 Å². The number of carbonyl (C=O) groups excluding carboxylic acids is 2. The Morgan fingerprint density at radius 1 is 1.21 bits per heavy atom. The lowest BCUT2D eigenvalue weighted by atomic mass is 9.94. The SMILES string of the molecule is CN(C)C(=O)CN1C(=O)Nc2ccc(Cl)cc2C1c1ccccc1. The Morgan fingerprint density at radius 2 is 1.92 bits per heavy atom. The highest BCUT2D eigenvalue weighted by atomic mass is 35.5. The normalized spacial score (nSPS) is 16.4. The van der Waals surface area contributed by atoms with Gasteiger partial charge in [0.2, 0.25) is 5.91 Å². The van der Waals surface area contributed by atoms with Crippen molar-refractivity contribution in [1.29, 1.82) is 0 Å². The van der Waals surface area contributed by atoms with Crippen molar-refractivity contribution in [3.8, 4) is 0 Å². The van der Waals surface area contributed by atoms with Gasteiger partial charge in [0, 0.05) is 30.4 Å². The van der Waals surface area contributed by atoms with E-state index in [1.807, 2.05) is 36.4 Å². The summed E-state index contributed by atoms with van der Waals surface area (Å²) in [6.07, 6.45) is 0. The van der Waals surface area contributed by atoms with E-state index < -0.39 is 0 Å². The minimum Gasteiger partial charge on any atom is -0.347 e. The van der Waals surface area contributed by atoms with E-state index in [1.165, 1.54) is 9.80 Å². The monoisotopic (exact) mass is 343 g/mol. The molecule has 0 bridgehead atoms. The van der Waals surface area contributed by atoms with Crippen LogP contribution in [-0.4, -0.2) is 42.4 Å². The highest BCUT2D eigenvalue weighted by molar-refractivity contribution is 6.30. The summed E-state index contributed by atoms with van der Waals surface area (Å²) >= 11 is 6.16. The number of halogens is 1. The molecule has 1 heterocycles. The van der Waals surface area contributed by atoms with Gasteiger partial charge in [-0.3, -0.25) is 4.79 Å². The van der Waals surface area contributed by atoms with Crippen LogP contribution in [0.2, 0.25) is 5.02 Å². The summed E-state index contributed by atoms with van der Waals surface area (Å²) in [6, 6.07) is 14.3. The van der Waals surface area contributed by atoms with E-state index in [4.69, 9.17) is 11.6 Å². The third kappa shape index (κ3) is 3.08. The first-order chi connectivity index (χ1) is 11.5. The molecule has 0 saturated heterocycles. The zero-order valence-corrected chi connectivity index (χ0v) is 14.2. The van der Waals surface area contributed by atoms with Gasteiger partial charge in [-0.1, -0.05) is 41.9 Å². The largest absolute Gasteiger partial charge is 0.347 e. The van der Waals surface area contributed by atoms with Crippen LogP contribution in [0.4, 0.5) is 10.5 Å². The molecule has 3 rings (SSSR count). The lowest BCUT2D eigenvalue weighted by molar-refractivity contribution is -0.129. The third-order valence-electron chi connectivity index (χ3n) is 4.04. The molecule has 3 amide bonds. The number of benzene rings is 2. The summed E-state index contributed by atoms with van der Waals surface area (Å²) in [7, 11) is 3.35. The second-order valence-electron chi connectivity index (χ2n) is 5.89. The van der Waals surface area contributed by atoms with Crippen LogP contribution in [0.1, 0.15) is 17.2 Å². The van der Waals surface area contributed by atoms with Gasteiger partial charge in [0.05, 0.1) is 6.04 Å². The summed E-state index contributed by atoms with van der Waals surface area (Å²) < 4.78 is 0. The fraction of sp³-hybridized carbons (Fsp3) is 0.222. The van der Waals surface area contributed by atoms with Gasteiger partial charge in [-0.15, -0.1) is 0 Å². The number of fused-ring (bicyclic) bond motifs is 1. The molecule has 0 fully saturated rings. The van der Waals surface area contributed by atoms with E-state index in [0.717, 1.165) is 11.1 Å². The van der Waals surface area contributed by atoms with Gasteiger partial charge in [-0.2, -0.15) is 0 Å². The van der Waals surface area contributed by atoms with Crippen LogP contribution in [-0.2, 0) is 4.79 Å². The molecule has 1 aliphatic heterocycles. The van der Waals surface area contributed by atoms with Gasteiger partial charge in [0.25, 0.3) is 0 Å². The molecule has 1 unspecified atom stereocenters. The second-order valence-corrected chi connectivity index (χ2v) is 6.33. The number of nitrogens with zero attached hydrogens (tertiary/aromatic N) is 2. The standard InChI is InChI=1S/C18H18ClN3O2/c1-21(2)16(23)11-22-17(12-6-4-3-5-7-12)14-10-13(19)8-9-15(14)20-18(22)24/h3-10,17H,11H2,1-2H3,(H,20,24). The maximum Gasteiger partial charge on any atom is 0.323 e. The van der Waals surface area contributed by atoms with Crippen molar-refractivity contribution in [2.45, 2.75) is 6.04 Å². The van der Waals surface area contributed by atoms with E-state index in [1.54, 1.807) is 26.2 Å². The first kappa shape index (κ1) is 16.3. The number of urea groups is 1. The highest BCUT2D eigenvalue weighted by Crippen LogP contribution is 2.38. The van der Waals surface area contributed by atoms with E-state index in [0.29, 0.717) is 10.7 Å². The average molecular weight is 344 g/mol. The average Bonchev–Trinajstić information content (AvgIpc) is 2.56. The number of likely N-dealkylation sites (N-methyl/N-ethyl adjacent to an activating group) is 1. The lowest BCUT2D eigenvalue weighted by Gasteiger charge is -2.37. The predicted molar refractivity (Wildman–Crippen MR) is 94.2 cm³/mol. The molecule has 1 atom stereocenters. The molecule has 2 aromatic rings. The first-order valence-corrected chi connectivity index (χ1v) is 7.97. The van der Waals surface area contributed by atoms with E-state index in [2.05, 4.69) is 5.32 Å². The lowest BCUT2D eigenvalue weighted by Crippen LogP contribution is -2.47. The summed E-state index contributed by atoms with van der Waals surface area (Å²) in [5.41, 5.74) is 2.52. The molecule has 124 valence electrons. The molecule has 1 N–H and O–H groups in total. The van der Waals surface area contributed by atoms with E-state index >= 15 is 0 Å². The Labute approximate surface area is 145 Å². The second kappa shape index (κ2) is 6.53. The first-order valence-electron chi connectivity index (χ1n) is 7.59. The summed E-state index contributed by atoms with van der Waals surface area (Å²) in [5, 5.41) is 3.43. The van der Waals surface area contributed by atoms with Gasteiger partial charge in [0.15, 0.2) is 0 Å². The van der Waals surface area contributed by atoms with Crippen LogP contribution in [0.3, 0.4) is 0 Å². The maximum absolute atomic E-state index is 12.6. The Kier molecular flexibility index (Phi) is 4.44. The molecule has 0 aromatic heterocycles. The molecule has 6 heteroatoms. The Bertz CT molecular complexity index is 777. The van der Waals surface area contributed by atoms with Crippen molar-refractivity contribution in [3.63, 3.8) is 0 Å². The van der Waals surface area contributed by atoms with Crippen LogP contribution < -0.4 is 5.32 Å². The number of rotatable bonds is 3. The molecule has 0 spiro atoms. The predicted octanol–water partition coefficient (Wildman–Crippen LogP) is 3.37. The van der Waals surface area contributed by atoms with Crippen LogP contribution in [0.25, 0.3) is 0 Å². The molecule has 24 heavy (non-hydrogen) atoms. The zero-order chi connectivity index (χ0) is 17.3. The van der Waals surface area contributed by atoms with Gasteiger partial charge in [0.1, 0.15) is 6.54 Å². The van der Waals surface area contributed by atoms with Crippen LogP contribution >= 0.6 is 11.6 Å². The molecule has 1 aliphatic rings. The number of nitrogens with one attached hydrogen (secondary N) is 1. The highest BCUT2D eigenvalue weighted by Gasteiger charge is 2.35. The minimum absolute atomic E-state index is 0.00958. The van der Waals surface area contributed by atoms with Gasteiger partial charge in [-0.25, -0.2) is 4.79 Å². The van der Waals surface area contributed by atoms with Crippen molar-refractivity contribution >= 4 is 29.2 Å². The van der Waals surface area contributed by atoms with E-state index in [-0.39, 0.29) is 24.5 Å². The number of hydrogen-bond acceptors (Lipinski definition) is 2. The fourth-order valence-electron chi connectivity index (χ4n) is 2.79. The molecule has 0 radical (unpaired) electrons. The number of anilines is 1.